The van der Waals surface area contributed by atoms with E-state index in [0.717, 1.165) is 16.6 Å². The third kappa shape index (κ3) is 3.36. The fourth-order valence-corrected chi connectivity index (χ4v) is 2.24. The van der Waals surface area contributed by atoms with E-state index in [1.54, 1.807) is 13.2 Å². The highest BCUT2D eigenvalue weighted by molar-refractivity contribution is 6.06. The minimum absolute atomic E-state index is 0.00677. The highest BCUT2D eigenvalue weighted by Crippen LogP contribution is 2.24. The molecule has 0 aliphatic rings. The van der Waals surface area contributed by atoms with Crippen molar-refractivity contribution in [3.8, 4) is 5.75 Å². The number of nitrogens with one attached hydrogen (secondary N) is 1. The summed E-state index contributed by atoms with van der Waals surface area (Å²) in [6.07, 6.45) is 0. The van der Waals surface area contributed by atoms with Gasteiger partial charge in [-0.15, -0.1) is 0 Å². The predicted molar refractivity (Wildman–Crippen MR) is 86.2 cm³/mol. The van der Waals surface area contributed by atoms with Crippen LogP contribution in [0.5, 0.6) is 5.75 Å². The molecule has 0 radical (unpaired) electrons. The van der Waals surface area contributed by atoms with Crippen LogP contribution in [0.3, 0.4) is 0 Å². The van der Waals surface area contributed by atoms with Crippen molar-refractivity contribution < 1.29 is 14.6 Å². The monoisotopic (exact) mass is 302 g/mol. The van der Waals surface area contributed by atoms with Gasteiger partial charge >= 0.3 is 0 Å². The van der Waals surface area contributed by atoms with E-state index in [1.165, 1.54) is 0 Å². The van der Waals surface area contributed by atoms with E-state index in [-0.39, 0.29) is 24.5 Å². The Morgan fingerprint density at radius 3 is 2.73 bits per heavy atom. The number of hydrogen-bond acceptors (Lipinski definition) is 4. The molecule has 1 aromatic heterocycles. The van der Waals surface area contributed by atoms with Crippen molar-refractivity contribution in [3.05, 3.63) is 35.5 Å². The summed E-state index contributed by atoms with van der Waals surface area (Å²) in [6, 6.07) is 7.14. The molecule has 22 heavy (non-hydrogen) atoms. The van der Waals surface area contributed by atoms with Crippen LogP contribution in [0.4, 0.5) is 0 Å². The number of aromatic nitrogens is 1. The van der Waals surface area contributed by atoms with Gasteiger partial charge in [-0.25, -0.2) is 0 Å². The van der Waals surface area contributed by atoms with Crippen molar-refractivity contribution >= 4 is 16.8 Å². The van der Waals surface area contributed by atoms with Gasteiger partial charge < -0.3 is 15.2 Å². The zero-order valence-electron chi connectivity index (χ0n) is 13.4. The lowest BCUT2D eigenvalue weighted by molar-refractivity contribution is 0.0918. The Kier molecular flexibility index (Phi) is 4.98. The summed E-state index contributed by atoms with van der Waals surface area (Å²) in [4.78, 5) is 17.0. The second-order valence-corrected chi connectivity index (χ2v) is 5.62. The van der Waals surface area contributed by atoms with Gasteiger partial charge in [-0.1, -0.05) is 6.92 Å². The first-order valence-electron chi connectivity index (χ1n) is 7.33. The largest absolute Gasteiger partial charge is 0.497 e. The number of amides is 1. The van der Waals surface area contributed by atoms with Gasteiger partial charge in [-0.05, 0) is 44.0 Å². The molecule has 0 bridgehead atoms. The van der Waals surface area contributed by atoms with Crippen molar-refractivity contribution in [2.45, 2.75) is 26.8 Å². The minimum Gasteiger partial charge on any atom is -0.497 e. The number of pyridine rings is 1. The maximum atomic E-state index is 12.6. The molecule has 2 unspecified atom stereocenters. The van der Waals surface area contributed by atoms with Crippen LogP contribution in [0.2, 0.25) is 0 Å². The first-order valence-corrected chi connectivity index (χ1v) is 7.33. The van der Waals surface area contributed by atoms with E-state index in [2.05, 4.69) is 10.3 Å². The minimum atomic E-state index is -0.170. The lowest BCUT2D eigenvalue weighted by atomic mass is 10.0. The Morgan fingerprint density at radius 1 is 1.36 bits per heavy atom. The first-order chi connectivity index (χ1) is 10.5. The Labute approximate surface area is 130 Å². The Morgan fingerprint density at radius 2 is 2.09 bits per heavy atom. The second-order valence-electron chi connectivity index (χ2n) is 5.62. The molecular weight excluding hydrogens is 280 g/mol. The van der Waals surface area contributed by atoms with Gasteiger partial charge in [0, 0.05) is 23.7 Å². The van der Waals surface area contributed by atoms with Gasteiger partial charge in [0.05, 0.1) is 18.2 Å². The number of rotatable bonds is 5. The molecule has 2 atom stereocenters. The van der Waals surface area contributed by atoms with E-state index in [0.29, 0.717) is 11.3 Å². The van der Waals surface area contributed by atoms with Crippen LogP contribution in [0.15, 0.2) is 24.3 Å². The van der Waals surface area contributed by atoms with Gasteiger partial charge in [0.2, 0.25) is 0 Å². The molecule has 1 heterocycles. The van der Waals surface area contributed by atoms with Gasteiger partial charge in [-0.2, -0.15) is 0 Å². The molecule has 118 valence electrons. The lowest BCUT2D eigenvalue weighted by Crippen LogP contribution is -2.38. The van der Waals surface area contributed by atoms with E-state index in [1.807, 2.05) is 39.0 Å². The van der Waals surface area contributed by atoms with Gasteiger partial charge in [0.1, 0.15) is 5.75 Å². The summed E-state index contributed by atoms with van der Waals surface area (Å²) >= 11 is 0. The molecule has 0 saturated heterocycles. The summed E-state index contributed by atoms with van der Waals surface area (Å²) < 4.78 is 5.23. The normalized spacial score (nSPS) is 13.7. The SMILES string of the molecule is COc1ccc2nc(C)cc(C(=O)NC(C)C(C)CO)c2c1. The molecular formula is C17H22N2O3. The van der Waals surface area contributed by atoms with Crippen LogP contribution < -0.4 is 10.1 Å². The molecule has 1 amide bonds. The summed E-state index contributed by atoms with van der Waals surface area (Å²) in [7, 11) is 1.59. The number of hydrogen-bond donors (Lipinski definition) is 2. The molecule has 2 aromatic rings. The summed E-state index contributed by atoms with van der Waals surface area (Å²) in [5, 5.41) is 12.9. The zero-order valence-corrected chi connectivity index (χ0v) is 13.4. The molecule has 2 N–H and O–H groups in total. The van der Waals surface area contributed by atoms with Crippen molar-refractivity contribution in [2.75, 3.05) is 13.7 Å². The first kappa shape index (κ1) is 16.2. The Hall–Kier alpha value is -2.14. The number of aryl methyl sites for hydroxylation is 1. The molecule has 2 rings (SSSR count). The average molecular weight is 302 g/mol. The lowest BCUT2D eigenvalue weighted by Gasteiger charge is -2.20. The number of nitrogens with zero attached hydrogens (tertiary/aromatic N) is 1. The van der Waals surface area contributed by atoms with Crippen LogP contribution in [0, 0.1) is 12.8 Å². The fraction of sp³-hybridized carbons (Fsp3) is 0.412. The molecule has 0 spiro atoms. The third-order valence-electron chi connectivity index (χ3n) is 3.89. The van der Waals surface area contributed by atoms with Crippen molar-refractivity contribution in [3.63, 3.8) is 0 Å². The average Bonchev–Trinajstić information content (AvgIpc) is 2.52. The predicted octanol–water partition coefficient (Wildman–Crippen LogP) is 2.30. The van der Waals surface area contributed by atoms with Crippen LogP contribution in [-0.2, 0) is 0 Å². The molecule has 1 aromatic carbocycles. The number of carbonyl (C=O) groups excluding carboxylic acids is 1. The summed E-state index contributed by atoms with van der Waals surface area (Å²) in [5.74, 6) is 0.508. The maximum Gasteiger partial charge on any atom is 0.252 e. The van der Waals surface area contributed by atoms with Crippen molar-refractivity contribution in [1.82, 2.24) is 10.3 Å². The van der Waals surface area contributed by atoms with Gasteiger partial charge in [0.15, 0.2) is 0 Å². The standard InChI is InChI=1S/C17H22N2O3/c1-10(9-20)12(3)19-17(21)15-7-11(2)18-16-6-5-13(22-4)8-14(15)16/h5-8,10,12,20H,9H2,1-4H3,(H,19,21). The number of carbonyl (C=O) groups is 1. The number of aliphatic hydroxyl groups excluding tert-OH is 1. The van der Waals surface area contributed by atoms with Crippen LogP contribution in [-0.4, -0.2) is 35.8 Å². The van der Waals surface area contributed by atoms with Crippen LogP contribution in [0.1, 0.15) is 29.9 Å². The third-order valence-corrected chi connectivity index (χ3v) is 3.89. The topological polar surface area (TPSA) is 71.5 Å². The van der Waals surface area contributed by atoms with E-state index < -0.39 is 0 Å². The van der Waals surface area contributed by atoms with Crippen LogP contribution >= 0.6 is 0 Å². The van der Waals surface area contributed by atoms with Crippen molar-refractivity contribution in [1.29, 1.82) is 0 Å². The Balaban J connectivity index is 2.42. The van der Waals surface area contributed by atoms with E-state index in [4.69, 9.17) is 4.74 Å². The smallest absolute Gasteiger partial charge is 0.252 e. The van der Waals surface area contributed by atoms with Crippen LogP contribution in [0.25, 0.3) is 10.9 Å². The molecule has 0 aliphatic carbocycles. The number of aliphatic hydroxyl groups is 1. The summed E-state index contributed by atoms with van der Waals surface area (Å²) in [6.45, 7) is 5.67. The van der Waals surface area contributed by atoms with Gasteiger partial charge in [0.25, 0.3) is 5.91 Å². The van der Waals surface area contributed by atoms with Gasteiger partial charge in [-0.3, -0.25) is 9.78 Å². The zero-order chi connectivity index (χ0) is 16.3. The quantitative estimate of drug-likeness (QED) is 0.889. The molecule has 0 saturated carbocycles. The second kappa shape index (κ2) is 6.75. The number of ether oxygens (including phenoxy) is 1. The number of benzene rings is 1. The van der Waals surface area contributed by atoms with E-state index >= 15 is 0 Å². The summed E-state index contributed by atoms with van der Waals surface area (Å²) in [5.41, 5.74) is 2.11. The molecule has 5 heteroatoms. The highest BCUT2D eigenvalue weighted by Gasteiger charge is 2.18. The highest BCUT2D eigenvalue weighted by atomic mass is 16.5. The van der Waals surface area contributed by atoms with Crippen molar-refractivity contribution in [2.24, 2.45) is 5.92 Å². The van der Waals surface area contributed by atoms with E-state index in [9.17, 15) is 9.90 Å². The molecule has 5 nitrogen and oxygen atoms in total. The number of methoxy groups -OCH3 is 1. The number of fused-ring (bicyclic) bond motifs is 1. The molecule has 0 fully saturated rings. The fourth-order valence-electron chi connectivity index (χ4n) is 2.24. The maximum absolute atomic E-state index is 12.6. The molecule has 0 aliphatic heterocycles. The Bertz CT molecular complexity index is 685.